The van der Waals surface area contributed by atoms with Crippen molar-refractivity contribution in [2.45, 2.75) is 24.7 Å². The van der Waals surface area contributed by atoms with Crippen molar-refractivity contribution in [3.63, 3.8) is 0 Å². The van der Waals surface area contributed by atoms with Gasteiger partial charge in [-0.2, -0.15) is 0 Å². The zero-order chi connectivity index (χ0) is 8.32. The molecule has 1 unspecified atom stereocenters. The summed E-state index contributed by atoms with van der Waals surface area (Å²) in [6, 6.07) is 0. The van der Waals surface area contributed by atoms with Crippen LogP contribution in [-0.4, -0.2) is 21.1 Å². The first-order valence-corrected chi connectivity index (χ1v) is 6.99. The highest BCUT2D eigenvalue weighted by Crippen LogP contribution is 2.24. The minimum absolute atomic E-state index is 0.0920. The molecule has 1 rings (SSSR count). The van der Waals surface area contributed by atoms with Crippen molar-refractivity contribution in [3.8, 4) is 0 Å². The van der Waals surface area contributed by atoms with Crippen molar-refractivity contribution < 1.29 is 4.74 Å². The molecule has 0 aromatic rings. The molecule has 0 heterocycles. The summed E-state index contributed by atoms with van der Waals surface area (Å²) in [7, 11) is 1.07. The summed E-state index contributed by atoms with van der Waals surface area (Å²) in [5.74, 6) is 0. The molecule has 1 atom stereocenters. The molecule has 1 aliphatic rings. The lowest BCUT2D eigenvalue weighted by Crippen LogP contribution is -2.42. The van der Waals surface area contributed by atoms with E-state index in [4.69, 9.17) is 4.74 Å². The van der Waals surface area contributed by atoms with Gasteiger partial charge in [0.1, 0.15) is 0 Å². The standard InChI is InChI=1S/C9H16OSi/c1-10-9(11(2)3)7-5-4-6-8-9/h4-7,11H,8H2,1-3H3. The van der Waals surface area contributed by atoms with Crippen molar-refractivity contribution in [1.29, 1.82) is 0 Å². The fraction of sp³-hybridized carbons (Fsp3) is 0.556. The van der Waals surface area contributed by atoms with Gasteiger partial charge in [-0.3, -0.25) is 0 Å². The topological polar surface area (TPSA) is 9.23 Å². The van der Waals surface area contributed by atoms with Crippen molar-refractivity contribution in [1.82, 2.24) is 0 Å². The van der Waals surface area contributed by atoms with E-state index >= 15 is 0 Å². The number of methoxy groups -OCH3 is 1. The first-order chi connectivity index (χ1) is 5.21. The Morgan fingerprint density at radius 1 is 1.36 bits per heavy atom. The summed E-state index contributed by atoms with van der Waals surface area (Å²) in [5, 5.41) is 0.0920. The van der Waals surface area contributed by atoms with E-state index < -0.39 is 8.80 Å². The van der Waals surface area contributed by atoms with E-state index in [1.165, 1.54) is 0 Å². The normalized spacial score (nSPS) is 29.8. The van der Waals surface area contributed by atoms with Crippen molar-refractivity contribution in [2.75, 3.05) is 7.11 Å². The fourth-order valence-corrected chi connectivity index (χ4v) is 3.01. The van der Waals surface area contributed by atoms with Gasteiger partial charge in [0.05, 0.1) is 14.0 Å². The lowest BCUT2D eigenvalue weighted by Gasteiger charge is -2.33. The van der Waals surface area contributed by atoms with Crippen LogP contribution >= 0.6 is 0 Å². The van der Waals surface area contributed by atoms with E-state index in [9.17, 15) is 0 Å². The van der Waals surface area contributed by atoms with Crippen LogP contribution in [0.5, 0.6) is 0 Å². The van der Waals surface area contributed by atoms with Crippen LogP contribution in [0.15, 0.2) is 24.3 Å². The maximum Gasteiger partial charge on any atom is 0.0752 e. The molecule has 0 saturated heterocycles. The highest BCUT2D eigenvalue weighted by atomic mass is 28.3. The number of hydrogen-bond donors (Lipinski definition) is 0. The minimum atomic E-state index is -0.748. The van der Waals surface area contributed by atoms with Crippen molar-refractivity contribution in [3.05, 3.63) is 24.3 Å². The van der Waals surface area contributed by atoms with Gasteiger partial charge in [-0.05, 0) is 6.42 Å². The van der Waals surface area contributed by atoms with Gasteiger partial charge in [0, 0.05) is 7.11 Å². The van der Waals surface area contributed by atoms with E-state index in [-0.39, 0.29) is 5.22 Å². The smallest absolute Gasteiger partial charge is 0.0752 e. The van der Waals surface area contributed by atoms with E-state index in [1.54, 1.807) is 0 Å². The molecule has 2 heteroatoms. The average Bonchev–Trinajstić information content (AvgIpc) is 2.05. The molecule has 0 bridgehead atoms. The Bertz CT molecular complexity index is 184. The van der Waals surface area contributed by atoms with Crippen LogP contribution in [0.4, 0.5) is 0 Å². The molecule has 0 radical (unpaired) electrons. The summed E-state index contributed by atoms with van der Waals surface area (Å²) >= 11 is 0. The van der Waals surface area contributed by atoms with Crippen LogP contribution in [-0.2, 0) is 4.74 Å². The van der Waals surface area contributed by atoms with Crippen LogP contribution in [0.2, 0.25) is 13.1 Å². The molecule has 11 heavy (non-hydrogen) atoms. The monoisotopic (exact) mass is 168 g/mol. The Morgan fingerprint density at radius 3 is 2.36 bits per heavy atom. The van der Waals surface area contributed by atoms with E-state index in [2.05, 4.69) is 37.4 Å². The maximum absolute atomic E-state index is 5.56. The van der Waals surface area contributed by atoms with Crippen LogP contribution in [0, 0.1) is 0 Å². The van der Waals surface area contributed by atoms with E-state index in [0.717, 1.165) is 6.42 Å². The van der Waals surface area contributed by atoms with Crippen molar-refractivity contribution in [2.24, 2.45) is 0 Å². The van der Waals surface area contributed by atoms with Crippen LogP contribution in [0.1, 0.15) is 6.42 Å². The quantitative estimate of drug-likeness (QED) is 0.572. The molecular formula is C9H16OSi. The number of allylic oxidation sites excluding steroid dienone is 2. The lowest BCUT2D eigenvalue weighted by molar-refractivity contribution is 0.0992. The predicted molar refractivity (Wildman–Crippen MR) is 51.5 cm³/mol. The zero-order valence-corrected chi connectivity index (χ0v) is 8.66. The fourth-order valence-electron chi connectivity index (χ4n) is 1.43. The van der Waals surface area contributed by atoms with E-state index in [1.807, 2.05) is 7.11 Å². The third-order valence-corrected chi connectivity index (χ3v) is 5.04. The molecule has 0 aromatic heterocycles. The van der Waals surface area contributed by atoms with Gasteiger partial charge < -0.3 is 4.74 Å². The number of rotatable bonds is 2. The molecule has 0 fully saturated rings. The van der Waals surface area contributed by atoms with Gasteiger partial charge in [0.2, 0.25) is 0 Å². The van der Waals surface area contributed by atoms with E-state index in [0.29, 0.717) is 0 Å². The maximum atomic E-state index is 5.56. The average molecular weight is 168 g/mol. The van der Waals surface area contributed by atoms with Crippen molar-refractivity contribution >= 4 is 8.80 Å². The molecule has 0 aromatic carbocycles. The Balaban J connectivity index is 2.77. The molecule has 0 N–H and O–H groups in total. The largest absolute Gasteiger partial charge is 0.378 e. The number of hydrogen-bond acceptors (Lipinski definition) is 1. The highest BCUT2D eigenvalue weighted by molar-refractivity contribution is 6.60. The predicted octanol–water partition coefficient (Wildman–Crippen LogP) is 1.91. The molecule has 62 valence electrons. The van der Waals surface area contributed by atoms with Gasteiger partial charge >= 0.3 is 0 Å². The SMILES string of the molecule is COC1([SiH](C)C)C=CC=CC1. The first kappa shape index (κ1) is 8.75. The van der Waals surface area contributed by atoms with Gasteiger partial charge in [-0.1, -0.05) is 37.4 Å². The molecule has 0 amide bonds. The third kappa shape index (κ3) is 1.63. The zero-order valence-electron chi connectivity index (χ0n) is 7.50. The molecule has 0 saturated carbocycles. The molecule has 0 aliphatic heterocycles. The Hall–Kier alpha value is -0.343. The molecule has 1 aliphatic carbocycles. The number of ether oxygens (including phenoxy) is 1. The van der Waals surface area contributed by atoms with Gasteiger partial charge in [0.15, 0.2) is 0 Å². The lowest BCUT2D eigenvalue weighted by atomic mass is 10.1. The summed E-state index contributed by atoms with van der Waals surface area (Å²) in [6.07, 6.45) is 9.65. The second-order valence-corrected chi connectivity index (χ2v) is 6.59. The Labute approximate surface area is 70.4 Å². The first-order valence-electron chi connectivity index (χ1n) is 4.11. The molecule has 1 nitrogen and oxygen atoms in total. The van der Waals surface area contributed by atoms with Crippen LogP contribution in [0.25, 0.3) is 0 Å². The summed E-state index contributed by atoms with van der Waals surface area (Å²) in [6.45, 7) is 4.65. The second kappa shape index (κ2) is 3.37. The third-order valence-electron chi connectivity index (χ3n) is 2.42. The summed E-state index contributed by atoms with van der Waals surface area (Å²) < 4.78 is 5.56. The summed E-state index contributed by atoms with van der Waals surface area (Å²) in [4.78, 5) is 0. The summed E-state index contributed by atoms with van der Waals surface area (Å²) in [5.41, 5.74) is 0. The second-order valence-electron chi connectivity index (χ2n) is 3.31. The molecular weight excluding hydrogens is 152 g/mol. The van der Waals surface area contributed by atoms with Crippen LogP contribution < -0.4 is 0 Å². The minimum Gasteiger partial charge on any atom is -0.378 e. The van der Waals surface area contributed by atoms with Gasteiger partial charge in [-0.15, -0.1) is 0 Å². The van der Waals surface area contributed by atoms with Gasteiger partial charge in [0.25, 0.3) is 0 Å². The Kier molecular flexibility index (Phi) is 2.68. The Morgan fingerprint density at radius 2 is 2.09 bits per heavy atom. The molecule has 0 spiro atoms. The van der Waals surface area contributed by atoms with Crippen LogP contribution in [0.3, 0.4) is 0 Å². The van der Waals surface area contributed by atoms with Gasteiger partial charge in [-0.25, -0.2) is 0 Å². The highest BCUT2D eigenvalue weighted by Gasteiger charge is 2.30.